The van der Waals surface area contributed by atoms with Gasteiger partial charge in [-0.25, -0.2) is 4.39 Å². The first-order chi connectivity index (χ1) is 10.6. The Labute approximate surface area is 131 Å². The lowest BCUT2D eigenvalue weighted by atomic mass is 10.2. The molecule has 0 amide bonds. The van der Waals surface area contributed by atoms with Crippen molar-refractivity contribution in [3.05, 3.63) is 64.8 Å². The van der Waals surface area contributed by atoms with Gasteiger partial charge < -0.3 is 9.15 Å². The zero-order valence-corrected chi connectivity index (χ0v) is 12.5. The number of halogens is 2. The van der Waals surface area contributed by atoms with E-state index in [0.717, 1.165) is 5.56 Å². The minimum Gasteiger partial charge on any atom is -0.482 e. The maximum Gasteiger partial charge on any atom is 0.254 e. The van der Waals surface area contributed by atoms with Crippen molar-refractivity contribution in [2.45, 2.75) is 13.5 Å². The van der Waals surface area contributed by atoms with Crippen LogP contribution in [-0.4, -0.2) is 10.2 Å². The van der Waals surface area contributed by atoms with Crippen molar-refractivity contribution in [3.8, 4) is 17.2 Å². The number of rotatable bonds is 4. The summed E-state index contributed by atoms with van der Waals surface area (Å²) in [4.78, 5) is 0. The van der Waals surface area contributed by atoms with Crippen LogP contribution in [0, 0.1) is 12.7 Å². The van der Waals surface area contributed by atoms with Crippen LogP contribution >= 0.6 is 11.6 Å². The molecule has 0 aliphatic rings. The van der Waals surface area contributed by atoms with Gasteiger partial charge >= 0.3 is 0 Å². The van der Waals surface area contributed by atoms with Gasteiger partial charge in [0.1, 0.15) is 11.6 Å². The highest BCUT2D eigenvalue weighted by atomic mass is 35.5. The van der Waals surface area contributed by atoms with E-state index in [1.54, 1.807) is 18.2 Å². The van der Waals surface area contributed by atoms with Crippen molar-refractivity contribution < 1.29 is 13.5 Å². The zero-order valence-electron chi connectivity index (χ0n) is 11.7. The third-order valence-electron chi connectivity index (χ3n) is 3.00. The molecule has 0 atom stereocenters. The van der Waals surface area contributed by atoms with E-state index in [4.69, 9.17) is 20.8 Å². The van der Waals surface area contributed by atoms with Gasteiger partial charge in [-0.1, -0.05) is 17.7 Å². The first-order valence-corrected chi connectivity index (χ1v) is 6.97. The normalized spacial score (nSPS) is 10.7. The lowest BCUT2D eigenvalue weighted by Crippen LogP contribution is -1.96. The highest BCUT2D eigenvalue weighted by molar-refractivity contribution is 6.32. The summed E-state index contributed by atoms with van der Waals surface area (Å²) in [7, 11) is 0. The molecule has 3 aromatic rings. The van der Waals surface area contributed by atoms with Crippen LogP contribution in [0.15, 0.2) is 46.9 Å². The number of nitrogens with zero attached hydrogens (tertiary/aromatic N) is 2. The SMILES string of the molecule is Cc1ccc(Cl)c(OCc2nnc(-c3ccc(F)cc3)o2)c1. The highest BCUT2D eigenvalue weighted by Crippen LogP contribution is 2.26. The standard InChI is InChI=1S/C16H12ClFN2O2/c1-10-2-7-13(17)14(8-10)21-9-15-19-20-16(22-15)11-3-5-12(18)6-4-11/h2-8H,9H2,1H3. The molecule has 6 heteroatoms. The fraction of sp³-hybridized carbons (Fsp3) is 0.125. The van der Waals surface area contributed by atoms with Gasteiger partial charge in [-0.05, 0) is 48.9 Å². The fourth-order valence-corrected chi connectivity index (χ4v) is 2.05. The molecule has 0 spiro atoms. The van der Waals surface area contributed by atoms with Crippen LogP contribution in [0.3, 0.4) is 0 Å². The summed E-state index contributed by atoms with van der Waals surface area (Å²) < 4.78 is 24.0. The molecule has 0 bridgehead atoms. The third-order valence-corrected chi connectivity index (χ3v) is 3.31. The van der Waals surface area contributed by atoms with Gasteiger partial charge in [0, 0.05) is 5.56 Å². The van der Waals surface area contributed by atoms with E-state index in [1.165, 1.54) is 12.1 Å². The molecule has 0 radical (unpaired) electrons. The van der Waals surface area contributed by atoms with E-state index < -0.39 is 0 Å². The van der Waals surface area contributed by atoms with Crippen LogP contribution in [0.1, 0.15) is 11.5 Å². The predicted molar refractivity (Wildman–Crippen MR) is 80.2 cm³/mol. The molecule has 1 heterocycles. The summed E-state index contributed by atoms with van der Waals surface area (Å²) in [6.07, 6.45) is 0. The smallest absolute Gasteiger partial charge is 0.254 e. The second-order valence-electron chi connectivity index (χ2n) is 4.73. The molecule has 112 valence electrons. The summed E-state index contributed by atoms with van der Waals surface area (Å²) in [6, 6.07) is 11.3. The average Bonchev–Trinajstić information content (AvgIpc) is 2.98. The lowest BCUT2D eigenvalue weighted by Gasteiger charge is -2.06. The van der Waals surface area contributed by atoms with Crippen molar-refractivity contribution in [1.82, 2.24) is 10.2 Å². The maximum absolute atomic E-state index is 12.9. The molecule has 4 nitrogen and oxygen atoms in total. The zero-order chi connectivity index (χ0) is 15.5. The topological polar surface area (TPSA) is 48.2 Å². The van der Waals surface area contributed by atoms with Crippen molar-refractivity contribution in [2.24, 2.45) is 0 Å². The molecule has 0 aliphatic carbocycles. The summed E-state index contributed by atoms with van der Waals surface area (Å²) in [5, 5.41) is 8.34. The van der Waals surface area contributed by atoms with Crippen LogP contribution < -0.4 is 4.74 Å². The van der Waals surface area contributed by atoms with Crippen LogP contribution in [0.4, 0.5) is 4.39 Å². The van der Waals surface area contributed by atoms with Gasteiger partial charge in [0.15, 0.2) is 6.61 Å². The number of hydrogen-bond acceptors (Lipinski definition) is 4. The van der Waals surface area contributed by atoms with E-state index in [-0.39, 0.29) is 12.4 Å². The molecule has 2 aromatic carbocycles. The van der Waals surface area contributed by atoms with Gasteiger partial charge in [-0.3, -0.25) is 0 Å². The predicted octanol–water partition coefficient (Wildman–Crippen LogP) is 4.42. The van der Waals surface area contributed by atoms with E-state index in [9.17, 15) is 4.39 Å². The largest absolute Gasteiger partial charge is 0.482 e. The lowest BCUT2D eigenvalue weighted by molar-refractivity contribution is 0.264. The Balaban J connectivity index is 1.72. The fourth-order valence-electron chi connectivity index (χ4n) is 1.88. The Morgan fingerprint density at radius 3 is 2.68 bits per heavy atom. The van der Waals surface area contributed by atoms with Crippen LogP contribution in [0.2, 0.25) is 5.02 Å². The molecular weight excluding hydrogens is 307 g/mol. The molecule has 0 fully saturated rings. The van der Waals surface area contributed by atoms with Crippen molar-refractivity contribution in [2.75, 3.05) is 0 Å². The Hall–Kier alpha value is -2.40. The van der Waals surface area contributed by atoms with E-state index in [1.807, 2.05) is 19.1 Å². The van der Waals surface area contributed by atoms with Crippen molar-refractivity contribution in [3.63, 3.8) is 0 Å². The quantitative estimate of drug-likeness (QED) is 0.714. The Morgan fingerprint density at radius 2 is 1.91 bits per heavy atom. The molecule has 0 N–H and O–H groups in total. The van der Waals surface area contributed by atoms with Gasteiger partial charge in [-0.15, -0.1) is 10.2 Å². The Kier molecular flexibility index (Phi) is 4.06. The third kappa shape index (κ3) is 3.26. The first-order valence-electron chi connectivity index (χ1n) is 6.59. The van der Waals surface area contributed by atoms with Gasteiger partial charge in [0.25, 0.3) is 5.89 Å². The second-order valence-corrected chi connectivity index (χ2v) is 5.14. The van der Waals surface area contributed by atoms with Crippen LogP contribution in [-0.2, 0) is 6.61 Å². The average molecular weight is 319 g/mol. The monoisotopic (exact) mass is 318 g/mol. The summed E-state index contributed by atoms with van der Waals surface area (Å²) in [5.74, 6) is 0.870. The number of aromatic nitrogens is 2. The number of hydrogen-bond donors (Lipinski definition) is 0. The van der Waals surface area contributed by atoms with Crippen LogP contribution in [0.5, 0.6) is 5.75 Å². The Morgan fingerprint density at radius 1 is 1.14 bits per heavy atom. The van der Waals surface area contributed by atoms with Gasteiger partial charge in [0.2, 0.25) is 5.89 Å². The number of benzene rings is 2. The highest BCUT2D eigenvalue weighted by Gasteiger charge is 2.10. The summed E-state index contributed by atoms with van der Waals surface area (Å²) in [6.45, 7) is 2.06. The van der Waals surface area contributed by atoms with E-state index in [2.05, 4.69) is 10.2 Å². The van der Waals surface area contributed by atoms with Crippen molar-refractivity contribution >= 4 is 11.6 Å². The minimum absolute atomic E-state index is 0.109. The van der Waals surface area contributed by atoms with Gasteiger partial charge in [-0.2, -0.15) is 0 Å². The van der Waals surface area contributed by atoms with Crippen molar-refractivity contribution in [1.29, 1.82) is 0 Å². The second kappa shape index (κ2) is 6.15. The minimum atomic E-state index is -0.319. The summed E-state index contributed by atoms with van der Waals surface area (Å²) >= 11 is 6.05. The van der Waals surface area contributed by atoms with Crippen LogP contribution in [0.25, 0.3) is 11.5 Å². The van der Waals surface area contributed by atoms with Gasteiger partial charge in [0.05, 0.1) is 5.02 Å². The first kappa shape index (κ1) is 14.5. The summed E-state index contributed by atoms with van der Waals surface area (Å²) in [5.41, 5.74) is 1.69. The molecule has 0 saturated heterocycles. The number of aryl methyl sites for hydroxylation is 1. The molecule has 22 heavy (non-hydrogen) atoms. The Bertz CT molecular complexity index is 787. The molecular formula is C16H12ClFN2O2. The molecule has 0 aliphatic heterocycles. The number of ether oxygens (including phenoxy) is 1. The molecule has 1 aromatic heterocycles. The molecule has 3 rings (SSSR count). The maximum atomic E-state index is 12.9. The van der Waals surface area contributed by atoms with E-state index in [0.29, 0.717) is 28.1 Å². The molecule has 0 saturated carbocycles. The van der Waals surface area contributed by atoms with E-state index >= 15 is 0 Å². The molecule has 0 unspecified atom stereocenters.